The molecule has 0 aliphatic carbocycles. The van der Waals surface area contributed by atoms with E-state index in [1.54, 1.807) is 93.5 Å². The van der Waals surface area contributed by atoms with Gasteiger partial charge in [0.05, 0.1) is 18.6 Å². The van der Waals surface area contributed by atoms with E-state index in [0.29, 0.717) is 23.4 Å². The average Bonchev–Trinajstić information content (AvgIpc) is 3.11. The Morgan fingerprint density at radius 3 is 1.84 bits per heavy atom. The number of anilines is 3. The maximum absolute atomic E-state index is 14.1. The van der Waals surface area contributed by atoms with Crippen LogP contribution in [-0.2, 0) is 68.1 Å². The summed E-state index contributed by atoms with van der Waals surface area (Å²) >= 11 is 0. The van der Waals surface area contributed by atoms with Crippen LogP contribution in [0.1, 0.15) is 130 Å². The topological polar surface area (TPSA) is 282 Å². The van der Waals surface area contributed by atoms with Gasteiger partial charge in [-0.2, -0.15) is 0 Å². The van der Waals surface area contributed by atoms with Crippen molar-refractivity contribution in [3.05, 3.63) is 143 Å². The van der Waals surface area contributed by atoms with Crippen molar-refractivity contribution in [2.24, 2.45) is 17.3 Å². The third kappa shape index (κ3) is 20.0. The van der Waals surface area contributed by atoms with Crippen molar-refractivity contribution in [1.29, 1.82) is 0 Å². The molecule has 0 bridgehead atoms. The van der Waals surface area contributed by atoms with Crippen LogP contribution in [0.5, 0.6) is 0 Å². The maximum atomic E-state index is 14.1. The van der Waals surface area contributed by atoms with E-state index in [2.05, 4.69) is 38.5 Å². The normalized spacial score (nSPS) is 13.5. The van der Waals surface area contributed by atoms with Gasteiger partial charge in [0.25, 0.3) is 0 Å². The van der Waals surface area contributed by atoms with E-state index < -0.39 is 95.0 Å². The predicted molar refractivity (Wildman–Crippen MR) is 334 cm³/mol. The summed E-state index contributed by atoms with van der Waals surface area (Å²) in [6.07, 6.45) is 2.05. The first-order chi connectivity index (χ1) is 40.4. The molecule has 7 amide bonds. The van der Waals surface area contributed by atoms with Gasteiger partial charge in [0, 0.05) is 54.4 Å². The molecule has 20 nitrogen and oxygen atoms in total. The number of carbonyl (C=O) groups excluding carboxylic acids is 7. The fourth-order valence-electron chi connectivity index (χ4n) is 9.85. The first-order valence-corrected chi connectivity index (χ1v) is 28.9. The number of nitrogens with one attached hydrogen (secondary N) is 6. The number of amides is 7. The number of likely N-dealkylation sites (N-methyl/N-ethyl adjacent to an activating group) is 2. The van der Waals surface area contributed by atoms with Gasteiger partial charge in [0.15, 0.2) is 0 Å². The summed E-state index contributed by atoms with van der Waals surface area (Å²) in [7, 11) is 3.25. The number of carbonyl (C=O) groups is 9. The van der Waals surface area contributed by atoms with Crippen LogP contribution in [0.15, 0.2) is 115 Å². The van der Waals surface area contributed by atoms with E-state index in [0.717, 1.165) is 27.9 Å². The predicted octanol–water partition coefficient (Wildman–Crippen LogP) is 8.99. The van der Waals surface area contributed by atoms with Gasteiger partial charge in [0.1, 0.15) is 24.7 Å². The van der Waals surface area contributed by atoms with Gasteiger partial charge >= 0.3 is 18.0 Å². The molecule has 0 heterocycles. The summed E-state index contributed by atoms with van der Waals surface area (Å²) in [6, 6.07) is 23.6. The van der Waals surface area contributed by atoms with Crippen molar-refractivity contribution in [2.75, 3.05) is 29.6 Å². The Labute approximate surface area is 506 Å². The Balaban J connectivity index is 1.35. The van der Waals surface area contributed by atoms with E-state index in [1.165, 1.54) is 11.8 Å². The second kappa shape index (κ2) is 32.0. The minimum Gasteiger partial charge on any atom is -0.481 e. The zero-order valence-electron chi connectivity index (χ0n) is 52.0. The molecule has 0 aromatic heterocycles. The van der Waals surface area contributed by atoms with Crippen molar-refractivity contribution in [3.8, 4) is 0 Å². The number of ether oxygens (including phenoxy) is 1. The minimum absolute atomic E-state index is 0.103. The quantitative estimate of drug-likeness (QED) is 0.0227. The number of rotatable bonds is 30. The molecule has 4 aromatic carbocycles. The number of nitrogens with zero attached hydrogens (tertiary/aromatic N) is 2. The Hall–Kier alpha value is -8.65. The summed E-state index contributed by atoms with van der Waals surface area (Å²) in [4.78, 5) is 123. The van der Waals surface area contributed by atoms with Gasteiger partial charge < -0.3 is 51.3 Å². The number of hydrogen-bond acceptors (Lipinski definition) is 11. The smallest absolute Gasteiger partial charge is 0.411 e. The van der Waals surface area contributed by atoms with E-state index in [4.69, 9.17) is 4.74 Å². The fraction of sp³-hybridized carbons (Fsp3) is 0.439. The molecule has 1 unspecified atom stereocenters. The summed E-state index contributed by atoms with van der Waals surface area (Å²) in [6.45, 7) is 23.9. The van der Waals surface area contributed by atoms with Gasteiger partial charge in [-0.1, -0.05) is 155 Å². The lowest BCUT2D eigenvalue weighted by Gasteiger charge is -2.40. The molecular formula is C66H88N8O12. The summed E-state index contributed by atoms with van der Waals surface area (Å²) in [5.41, 5.74) is 3.96. The number of benzene rings is 4. The Morgan fingerprint density at radius 1 is 0.686 bits per heavy atom. The number of hydrogen-bond donors (Lipinski definition) is 8. The number of aryl methyl sites for hydroxylation is 1. The molecule has 0 aliphatic heterocycles. The fourth-order valence-corrected chi connectivity index (χ4v) is 9.85. The molecule has 0 fully saturated rings. The maximum Gasteiger partial charge on any atom is 0.411 e. The number of carboxylic acids is 2. The van der Waals surface area contributed by atoms with Crippen LogP contribution < -0.4 is 36.8 Å². The Bertz CT molecular complexity index is 3070. The highest BCUT2D eigenvalue weighted by Crippen LogP contribution is 2.31. The van der Waals surface area contributed by atoms with Crippen LogP contribution in [0, 0.1) is 17.3 Å². The number of carboxylic acid groups (broad SMARTS) is 2. The lowest BCUT2D eigenvalue weighted by Crippen LogP contribution is -2.61. The molecule has 8 N–H and O–H groups in total. The SMILES string of the molecule is C=Cc1ccccc1CN(C(=O)CCC(=O)N[C@H](C(=O)N[C@@H](CCC(=O)O)C(=O)Nc1ccc(COC(=O)Nc2ccc(C(C)(C)C(NC)C(=O)N[C@H](C(=O)N(C)[C@H](/C=C(\C)C(=O)O)C(C)C)C(C)(C)C)cc2)cc1)C(C)C)c1ccccc1CC. The molecule has 5 atom stereocenters. The lowest BCUT2D eigenvalue weighted by molar-refractivity contribution is -0.141. The van der Waals surface area contributed by atoms with Crippen molar-refractivity contribution in [1.82, 2.24) is 26.2 Å². The highest BCUT2D eigenvalue weighted by Gasteiger charge is 2.42. The number of aliphatic carboxylic acids is 2. The number of para-hydroxylation sites is 1. The summed E-state index contributed by atoms with van der Waals surface area (Å²) < 4.78 is 5.48. The zero-order valence-corrected chi connectivity index (χ0v) is 52.0. The van der Waals surface area contributed by atoms with Gasteiger partial charge in [-0.15, -0.1) is 0 Å². The standard InChI is InChI=1S/C66H88N8O12/c1-15-44-21-17-18-23-46(44)38-74(51-24-20-19-22-45(51)16-2)54(76)35-34-53(75)71-56(41(5)6)60(80)70-50(33-36-55(77)78)59(79)68-48-29-25-43(26-30-48)39-86-64(85)69-49-31-27-47(28-32-49)66(11,12)57(67-13)61(81)72-58(65(8,9)10)62(82)73(14)52(40(3)4)37-42(7)63(83)84/h15,17-32,37,40-41,50,52,56-58,67H,1,16,33-36,38-39H2,2-14H3,(H,68,79)(H,69,85)(H,70,80)(H,71,75)(H,72,81)(H,77,78)(H,83,84)/b42-37+/t50-,52+,56-,57?,58+/m0/s1. The molecule has 86 heavy (non-hydrogen) atoms. The van der Waals surface area contributed by atoms with Crippen molar-refractivity contribution >= 4 is 76.6 Å². The van der Waals surface area contributed by atoms with Crippen LogP contribution in [0.2, 0.25) is 0 Å². The molecule has 20 heteroatoms. The molecule has 4 aromatic rings. The van der Waals surface area contributed by atoms with Crippen molar-refractivity contribution in [3.63, 3.8) is 0 Å². The minimum atomic E-state index is -1.32. The molecule has 0 spiro atoms. The monoisotopic (exact) mass is 1180 g/mol. The Kier molecular flexibility index (Phi) is 26.0. The molecular weight excluding hydrogens is 1100 g/mol. The van der Waals surface area contributed by atoms with Crippen LogP contribution in [0.4, 0.5) is 21.9 Å². The van der Waals surface area contributed by atoms with Crippen LogP contribution in [-0.4, -0.2) is 113 Å². The van der Waals surface area contributed by atoms with Crippen LogP contribution in [0.3, 0.4) is 0 Å². The molecule has 0 radical (unpaired) electrons. The summed E-state index contributed by atoms with van der Waals surface area (Å²) in [5, 5.41) is 35.9. The van der Waals surface area contributed by atoms with Gasteiger partial charge in [-0.3, -0.25) is 38.9 Å². The summed E-state index contributed by atoms with van der Waals surface area (Å²) in [5.74, 6) is -5.96. The van der Waals surface area contributed by atoms with Gasteiger partial charge in [-0.25, -0.2) is 9.59 Å². The van der Waals surface area contributed by atoms with E-state index >= 15 is 0 Å². The average molecular weight is 1190 g/mol. The van der Waals surface area contributed by atoms with Crippen LogP contribution in [0.25, 0.3) is 6.08 Å². The first-order valence-electron chi connectivity index (χ1n) is 28.9. The molecule has 0 saturated heterocycles. The first kappa shape index (κ1) is 69.8. The van der Waals surface area contributed by atoms with E-state index in [-0.39, 0.29) is 55.7 Å². The molecule has 0 saturated carbocycles. The Morgan fingerprint density at radius 2 is 1.28 bits per heavy atom. The second-order valence-electron chi connectivity index (χ2n) is 23.7. The largest absolute Gasteiger partial charge is 0.481 e. The van der Waals surface area contributed by atoms with Gasteiger partial charge in [-0.05, 0) is 102 Å². The van der Waals surface area contributed by atoms with Crippen molar-refractivity contribution in [2.45, 2.75) is 157 Å². The molecule has 4 rings (SSSR count). The second-order valence-corrected chi connectivity index (χ2v) is 23.7. The van der Waals surface area contributed by atoms with Crippen LogP contribution >= 0.6 is 0 Å². The van der Waals surface area contributed by atoms with Gasteiger partial charge in [0.2, 0.25) is 35.4 Å². The lowest BCUT2D eigenvalue weighted by atomic mass is 9.76. The third-order valence-electron chi connectivity index (χ3n) is 15.1. The molecule has 464 valence electrons. The highest BCUT2D eigenvalue weighted by atomic mass is 16.5. The zero-order chi connectivity index (χ0) is 64.2. The highest BCUT2D eigenvalue weighted by molar-refractivity contribution is 6.00. The third-order valence-corrected chi connectivity index (χ3v) is 15.1. The molecule has 0 aliphatic rings. The van der Waals surface area contributed by atoms with E-state index in [9.17, 15) is 53.4 Å². The van der Waals surface area contributed by atoms with Crippen molar-refractivity contribution < 1.29 is 58.1 Å². The van der Waals surface area contributed by atoms with E-state index in [1.807, 2.05) is 104 Å².